The Morgan fingerprint density at radius 1 is 1.53 bits per heavy atom. The molecule has 2 rings (SSSR count). The molecule has 1 amide bonds. The third kappa shape index (κ3) is 2.94. The van der Waals surface area contributed by atoms with Crippen molar-refractivity contribution in [2.75, 3.05) is 16.8 Å². The maximum absolute atomic E-state index is 11.3. The molecule has 1 saturated heterocycles. The Labute approximate surface area is 106 Å². The van der Waals surface area contributed by atoms with Crippen LogP contribution in [0.4, 0.5) is 5.69 Å². The van der Waals surface area contributed by atoms with Crippen molar-refractivity contribution in [1.82, 2.24) is 0 Å². The van der Waals surface area contributed by atoms with E-state index in [9.17, 15) is 4.79 Å². The number of thioether (sulfide) groups is 1. The molecule has 3 nitrogen and oxygen atoms in total. The van der Waals surface area contributed by atoms with Gasteiger partial charge < -0.3 is 11.1 Å². The van der Waals surface area contributed by atoms with E-state index in [1.807, 2.05) is 30.8 Å². The summed E-state index contributed by atoms with van der Waals surface area (Å²) in [6, 6.07) is 6.18. The predicted octanol–water partition coefficient (Wildman–Crippen LogP) is 2.40. The molecule has 1 aliphatic rings. The van der Waals surface area contributed by atoms with Crippen LogP contribution >= 0.6 is 11.8 Å². The number of benzene rings is 1. The first-order valence-corrected chi connectivity index (χ1v) is 7.07. The highest BCUT2D eigenvalue weighted by molar-refractivity contribution is 7.99. The molecule has 17 heavy (non-hydrogen) atoms. The van der Waals surface area contributed by atoms with E-state index in [-0.39, 0.29) is 5.91 Å². The summed E-state index contributed by atoms with van der Waals surface area (Å²) in [5.74, 6) is 2.04. The van der Waals surface area contributed by atoms with Gasteiger partial charge in [0.2, 0.25) is 5.91 Å². The van der Waals surface area contributed by atoms with E-state index in [4.69, 9.17) is 5.73 Å². The van der Waals surface area contributed by atoms with E-state index < -0.39 is 0 Å². The highest BCUT2D eigenvalue weighted by Gasteiger charge is 2.15. The van der Waals surface area contributed by atoms with Crippen LogP contribution in [0.2, 0.25) is 0 Å². The second-order valence-electron chi connectivity index (χ2n) is 4.40. The second-order valence-corrected chi connectivity index (χ2v) is 5.55. The Bertz CT molecular complexity index is 414. The number of hydrogen-bond acceptors (Lipinski definition) is 3. The standard InChI is InChI=1S/C13H18N2OS/c1-9-11(13(14)16)5-2-6-12(9)15-10-4-3-7-17-8-10/h2,5-6,10,15H,3-4,7-8H2,1H3,(H2,14,16). The van der Waals surface area contributed by atoms with Crippen molar-refractivity contribution in [1.29, 1.82) is 0 Å². The van der Waals surface area contributed by atoms with Crippen LogP contribution in [0.1, 0.15) is 28.8 Å². The van der Waals surface area contributed by atoms with Crippen molar-refractivity contribution in [3.8, 4) is 0 Å². The number of primary amides is 1. The van der Waals surface area contributed by atoms with E-state index in [2.05, 4.69) is 5.32 Å². The molecule has 1 aliphatic heterocycles. The number of rotatable bonds is 3. The van der Waals surface area contributed by atoms with Gasteiger partial charge in [0.05, 0.1) is 0 Å². The maximum atomic E-state index is 11.3. The average molecular weight is 250 g/mol. The van der Waals surface area contributed by atoms with Crippen LogP contribution in [-0.2, 0) is 0 Å². The zero-order valence-electron chi connectivity index (χ0n) is 10.0. The van der Waals surface area contributed by atoms with Gasteiger partial charge in [0.1, 0.15) is 0 Å². The first-order valence-electron chi connectivity index (χ1n) is 5.92. The molecule has 1 unspecified atom stereocenters. The van der Waals surface area contributed by atoms with Gasteiger partial charge in [-0.15, -0.1) is 0 Å². The Morgan fingerprint density at radius 3 is 3.00 bits per heavy atom. The smallest absolute Gasteiger partial charge is 0.249 e. The number of anilines is 1. The summed E-state index contributed by atoms with van der Waals surface area (Å²) >= 11 is 1.98. The first-order chi connectivity index (χ1) is 8.18. The van der Waals surface area contributed by atoms with Crippen LogP contribution in [0.25, 0.3) is 0 Å². The second kappa shape index (κ2) is 5.45. The lowest BCUT2D eigenvalue weighted by atomic mass is 10.0. The van der Waals surface area contributed by atoms with Gasteiger partial charge in [0, 0.05) is 23.0 Å². The van der Waals surface area contributed by atoms with Gasteiger partial charge in [-0.1, -0.05) is 6.07 Å². The minimum Gasteiger partial charge on any atom is -0.381 e. The Kier molecular flexibility index (Phi) is 3.94. The maximum Gasteiger partial charge on any atom is 0.249 e. The molecule has 1 atom stereocenters. The van der Waals surface area contributed by atoms with Crippen LogP contribution in [0.15, 0.2) is 18.2 Å². The number of nitrogens with one attached hydrogen (secondary N) is 1. The molecule has 0 bridgehead atoms. The summed E-state index contributed by atoms with van der Waals surface area (Å²) in [6.07, 6.45) is 2.46. The highest BCUT2D eigenvalue weighted by Crippen LogP contribution is 2.24. The minimum absolute atomic E-state index is 0.357. The number of nitrogens with two attached hydrogens (primary N) is 1. The average Bonchev–Trinajstić information content (AvgIpc) is 2.33. The molecule has 0 saturated carbocycles. The zero-order valence-corrected chi connectivity index (χ0v) is 10.8. The zero-order chi connectivity index (χ0) is 12.3. The van der Waals surface area contributed by atoms with Crippen LogP contribution in [-0.4, -0.2) is 23.5 Å². The van der Waals surface area contributed by atoms with Gasteiger partial charge in [-0.2, -0.15) is 11.8 Å². The molecule has 0 aromatic heterocycles. The molecule has 3 N–H and O–H groups in total. The van der Waals surface area contributed by atoms with Crippen LogP contribution < -0.4 is 11.1 Å². The van der Waals surface area contributed by atoms with Crippen molar-refractivity contribution in [3.05, 3.63) is 29.3 Å². The third-order valence-corrected chi connectivity index (χ3v) is 4.33. The molecule has 1 heterocycles. The summed E-state index contributed by atoms with van der Waals surface area (Å²) in [6.45, 7) is 1.94. The molecule has 1 aromatic carbocycles. The van der Waals surface area contributed by atoms with Gasteiger partial charge in [-0.25, -0.2) is 0 Å². The van der Waals surface area contributed by atoms with Crippen molar-refractivity contribution in [2.24, 2.45) is 5.73 Å². The van der Waals surface area contributed by atoms with Crippen molar-refractivity contribution < 1.29 is 4.79 Å². The number of hydrogen-bond donors (Lipinski definition) is 2. The van der Waals surface area contributed by atoms with Crippen LogP contribution in [0.5, 0.6) is 0 Å². The molecule has 92 valence electrons. The fourth-order valence-corrected chi connectivity index (χ4v) is 3.21. The van der Waals surface area contributed by atoms with Crippen molar-refractivity contribution >= 4 is 23.4 Å². The van der Waals surface area contributed by atoms with E-state index in [1.165, 1.54) is 18.6 Å². The number of carbonyl (C=O) groups is 1. The Hall–Kier alpha value is -1.16. The minimum atomic E-state index is -0.357. The van der Waals surface area contributed by atoms with Gasteiger partial charge in [0.25, 0.3) is 0 Å². The fourth-order valence-electron chi connectivity index (χ4n) is 2.13. The molecular formula is C13H18N2OS. The van der Waals surface area contributed by atoms with E-state index >= 15 is 0 Å². The lowest BCUT2D eigenvalue weighted by molar-refractivity contribution is 0.1000. The Balaban J connectivity index is 2.15. The topological polar surface area (TPSA) is 55.1 Å². The van der Waals surface area contributed by atoms with E-state index in [0.29, 0.717) is 11.6 Å². The highest BCUT2D eigenvalue weighted by atomic mass is 32.2. The SMILES string of the molecule is Cc1c(NC2CCCSC2)cccc1C(N)=O. The van der Waals surface area contributed by atoms with Crippen molar-refractivity contribution in [2.45, 2.75) is 25.8 Å². The van der Waals surface area contributed by atoms with E-state index in [1.54, 1.807) is 6.07 Å². The number of carbonyl (C=O) groups excluding carboxylic acids is 1. The molecule has 1 aromatic rings. The third-order valence-electron chi connectivity index (χ3n) is 3.12. The normalized spacial score (nSPS) is 19.9. The van der Waals surface area contributed by atoms with Crippen LogP contribution in [0, 0.1) is 6.92 Å². The fraction of sp³-hybridized carbons (Fsp3) is 0.462. The molecular weight excluding hydrogens is 232 g/mol. The summed E-state index contributed by atoms with van der Waals surface area (Å²) in [7, 11) is 0. The molecule has 4 heteroatoms. The Morgan fingerprint density at radius 2 is 2.35 bits per heavy atom. The lowest BCUT2D eigenvalue weighted by Gasteiger charge is -2.24. The molecule has 1 fully saturated rings. The summed E-state index contributed by atoms with van der Waals surface area (Å²) in [5.41, 5.74) is 7.95. The van der Waals surface area contributed by atoms with Crippen molar-refractivity contribution in [3.63, 3.8) is 0 Å². The van der Waals surface area contributed by atoms with Gasteiger partial charge in [-0.3, -0.25) is 4.79 Å². The number of amides is 1. The summed E-state index contributed by atoms with van der Waals surface area (Å²) in [4.78, 5) is 11.3. The first kappa shape index (κ1) is 12.3. The molecule has 0 spiro atoms. The summed E-state index contributed by atoms with van der Waals surface area (Å²) < 4.78 is 0. The quantitative estimate of drug-likeness (QED) is 0.866. The van der Waals surface area contributed by atoms with Gasteiger partial charge in [-0.05, 0) is 43.2 Å². The predicted molar refractivity (Wildman–Crippen MR) is 73.7 cm³/mol. The summed E-state index contributed by atoms with van der Waals surface area (Å²) in [5, 5.41) is 3.52. The van der Waals surface area contributed by atoms with E-state index in [0.717, 1.165) is 17.0 Å². The van der Waals surface area contributed by atoms with Gasteiger partial charge >= 0.3 is 0 Å². The van der Waals surface area contributed by atoms with Gasteiger partial charge in [0.15, 0.2) is 0 Å². The van der Waals surface area contributed by atoms with Crippen LogP contribution in [0.3, 0.4) is 0 Å². The monoisotopic (exact) mass is 250 g/mol. The molecule has 0 radical (unpaired) electrons. The lowest BCUT2D eigenvalue weighted by Crippen LogP contribution is -2.26. The largest absolute Gasteiger partial charge is 0.381 e. The molecule has 0 aliphatic carbocycles.